The lowest BCUT2D eigenvalue weighted by Crippen LogP contribution is -2.26. The van der Waals surface area contributed by atoms with E-state index >= 15 is 0 Å². The first-order chi connectivity index (χ1) is 9.13. The van der Waals surface area contributed by atoms with Crippen molar-refractivity contribution in [1.29, 1.82) is 0 Å². The third kappa shape index (κ3) is 2.43. The highest BCUT2D eigenvalue weighted by Gasteiger charge is 2.30. The molecule has 2 heterocycles. The highest BCUT2D eigenvalue weighted by molar-refractivity contribution is 5.95. The molecule has 1 saturated heterocycles. The van der Waals surface area contributed by atoms with Gasteiger partial charge in [0.2, 0.25) is 0 Å². The Bertz CT molecular complexity index is 502. The minimum atomic E-state index is -0.672. The number of amides is 1. The smallest absolute Gasteiger partial charge is 0.262 e. The van der Waals surface area contributed by atoms with E-state index in [1.807, 2.05) is 13.0 Å². The molecule has 1 aromatic rings. The summed E-state index contributed by atoms with van der Waals surface area (Å²) in [6.45, 7) is 2.05. The van der Waals surface area contributed by atoms with E-state index in [9.17, 15) is 9.90 Å². The first-order valence-corrected chi connectivity index (χ1v) is 6.53. The predicted molar refractivity (Wildman–Crippen MR) is 69.1 cm³/mol. The number of ether oxygens (including phenoxy) is 2. The maximum atomic E-state index is 11.3. The van der Waals surface area contributed by atoms with Gasteiger partial charge >= 0.3 is 0 Å². The maximum absolute atomic E-state index is 11.3. The molecule has 3 rings (SSSR count). The molecule has 2 N–H and O–H groups in total. The molecule has 1 aromatic carbocycles. The molecule has 5 nitrogen and oxygen atoms in total. The second kappa shape index (κ2) is 4.83. The van der Waals surface area contributed by atoms with Gasteiger partial charge in [-0.25, -0.2) is 0 Å². The van der Waals surface area contributed by atoms with Crippen molar-refractivity contribution in [3.8, 4) is 5.75 Å². The molecule has 1 amide bonds. The van der Waals surface area contributed by atoms with Crippen LogP contribution in [0.2, 0.25) is 0 Å². The second-order valence-corrected chi connectivity index (χ2v) is 5.10. The number of carbonyl (C=O) groups is 1. The Balaban J connectivity index is 1.81. The van der Waals surface area contributed by atoms with Crippen molar-refractivity contribution in [2.45, 2.75) is 38.1 Å². The summed E-state index contributed by atoms with van der Waals surface area (Å²) in [5, 5.41) is 13.1. The SMILES string of the molecule is CC1CCC(C(O)c2ccc3c(c2)NC(=O)CO3)O1. The second-order valence-electron chi connectivity index (χ2n) is 5.10. The number of benzene rings is 1. The topological polar surface area (TPSA) is 67.8 Å². The minimum absolute atomic E-state index is 0.0398. The maximum Gasteiger partial charge on any atom is 0.262 e. The molecular weight excluding hydrogens is 246 g/mol. The number of rotatable bonds is 2. The summed E-state index contributed by atoms with van der Waals surface area (Å²) in [7, 11) is 0. The van der Waals surface area contributed by atoms with Crippen molar-refractivity contribution >= 4 is 11.6 Å². The molecule has 0 aliphatic carbocycles. The number of anilines is 1. The fourth-order valence-corrected chi connectivity index (χ4v) is 2.57. The van der Waals surface area contributed by atoms with Gasteiger partial charge in [0, 0.05) is 0 Å². The summed E-state index contributed by atoms with van der Waals surface area (Å²) in [6, 6.07) is 5.34. The van der Waals surface area contributed by atoms with Gasteiger partial charge in [-0.05, 0) is 37.5 Å². The molecule has 0 aromatic heterocycles. The van der Waals surface area contributed by atoms with Gasteiger partial charge in [-0.15, -0.1) is 0 Å². The summed E-state index contributed by atoms with van der Waals surface area (Å²) < 4.78 is 11.0. The Hall–Kier alpha value is -1.59. The lowest BCUT2D eigenvalue weighted by atomic mass is 10.0. The molecule has 3 atom stereocenters. The van der Waals surface area contributed by atoms with E-state index in [0.717, 1.165) is 18.4 Å². The molecule has 2 aliphatic rings. The molecule has 2 aliphatic heterocycles. The number of carbonyl (C=O) groups excluding carboxylic acids is 1. The van der Waals surface area contributed by atoms with Gasteiger partial charge in [0.1, 0.15) is 11.9 Å². The van der Waals surface area contributed by atoms with Crippen LogP contribution >= 0.6 is 0 Å². The van der Waals surface area contributed by atoms with Gasteiger partial charge < -0.3 is 19.9 Å². The average molecular weight is 263 g/mol. The van der Waals surface area contributed by atoms with Crippen LogP contribution in [0.1, 0.15) is 31.4 Å². The standard InChI is InChI=1S/C14H17NO4/c1-8-2-4-12(19-8)14(17)9-3-5-11-10(6-9)15-13(16)7-18-11/h3,5-6,8,12,14,17H,2,4,7H2,1H3,(H,15,16). The van der Waals surface area contributed by atoms with E-state index in [4.69, 9.17) is 9.47 Å². The molecule has 0 spiro atoms. The van der Waals surface area contributed by atoms with Gasteiger partial charge in [0.15, 0.2) is 6.61 Å². The van der Waals surface area contributed by atoms with Crippen molar-refractivity contribution in [3.63, 3.8) is 0 Å². The Morgan fingerprint density at radius 1 is 1.42 bits per heavy atom. The fraction of sp³-hybridized carbons (Fsp3) is 0.500. The molecule has 102 valence electrons. The molecule has 0 bridgehead atoms. The zero-order valence-electron chi connectivity index (χ0n) is 10.8. The summed E-state index contributed by atoms with van der Waals surface area (Å²) in [5.74, 6) is 0.459. The number of hydrogen-bond acceptors (Lipinski definition) is 4. The normalized spacial score (nSPS) is 27.4. The van der Waals surface area contributed by atoms with Crippen LogP contribution in [0.25, 0.3) is 0 Å². The zero-order valence-corrected chi connectivity index (χ0v) is 10.8. The van der Waals surface area contributed by atoms with Gasteiger partial charge in [-0.2, -0.15) is 0 Å². The molecule has 0 saturated carbocycles. The summed E-state index contributed by atoms with van der Waals surface area (Å²) in [6.07, 6.45) is 1.16. The van der Waals surface area contributed by atoms with Gasteiger partial charge in [0.25, 0.3) is 5.91 Å². The zero-order chi connectivity index (χ0) is 13.4. The lowest BCUT2D eigenvalue weighted by molar-refractivity contribution is -0.118. The van der Waals surface area contributed by atoms with E-state index in [2.05, 4.69) is 5.32 Å². The lowest BCUT2D eigenvalue weighted by Gasteiger charge is -2.22. The van der Waals surface area contributed by atoms with E-state index in [1.54, 1.807) is 12.1 Å². The molecule has 3 unspecified atom stereocenters. The van der Waals surface area contributed by atoms with Gasteiger partial charge in [-0.3, -0.25) is 4.79 Å². The Kier molecular flexibility index (Phi) is 3.16. The predicted octanol–water partition coefficient (Wildman–Crippen LogP) is 1.62. The van der Waals surface area contributed by atoms with Crippen LogP contribution in [0.15, 0.2) is 18.2 Å². The van der Waals surface area contributed by atoms with E-state index in [1.165, 1.54) is 0 Å². The van der Waals surface area contributed by atoms with E-state index in [-0.39, 0.29) is 24.7 Å². The molecule has 0 radical (unpaired) electrons. The summed E-state index contributed by atoms with van der Waals surface area (Å²) in [4.78, 5) is 11.3. The first kappa shape index (κ1) is 12.4. The van der Waals surface area contributed by atoms with Crippen LogP contribution in [0, 0.1) is 0 Å². The molecule has 19 heavy (non-hydrogen) atoms. The number of nitrogens with one attached hydrogen (secondary N) is 1. The summed E-state index contributed by atoms with van der Waals surface area (Å²) >= 11 is 0. The van der Waals surface area contributed by atoms with Crippen LogP contribution in [0.4, 0.5) is 5.69 Å². The van der Waals surface area contributed by atoms with Crippen molar-refractivity contribution in [1.82, 2.24) is 0 Å². The number of hydrogen-bond donors (Lipinski definition) is 2. The average Bonchev–Trinajstić information content (AvgIpc) is 2.83. The molecule has 5 heteroatoms. The monoisotopic (exact) mass is 263 g/mol. The number of aliphatic hydroxyl groups excluding tert-OH is 1. The van der Waals surface area contributed by atoms with Crippen LogP contribution in [0.5, 0.6) is 5.75 Å². The highest BCUT2D eigenvalue weighted by atomic mass is 16.5. The number of aliphatic hydroxyl groups is 1. The third-order valence-corrected chi connectivity index (χ3v) is 3.59. The Labute approximate surface area is 111 Å². The Morgan fingerprint density at radius 2 is 2.26 bits per heavy atom. The van der Waals surface area contributed by atoms with Gasteiger partial charge in [-0.1, -0.05) is 6.07 Å². The molecular formula is C14H17NO4. The quantitative estimate of drug-likeness (QED) is 0.850. The minimum Gasteiger partial charge on any atom is -0.482 e. The van der Waals surface area contributed by atoms with Crippen LogP contribution < -0.4 is 10.1 Å². The highest BCUT2D eigenvalue weighted by Crippen LogP contribution is 2.34. The first-order valence-electron chi connectivity index (χ1n) is 6.53. The van der Waals surface area contributed by atoms with Crippen molar-refractivity contribution in [2.24, 2.45) is 0 Å². The number of fused-ring (bicyclic) bond motifs is 1. The largest absolute Gasteiger partial charge is 0.482 e. The van der Waals surface area contributed by atoms with Crippen LogP contribution in [0.3, 0.4) is 0 Å². The van der Waals surface area contributed by atoms with Gasteiger partial charge in [0.05, 0.1) is 17.9 Å². The van der Waals surface area contributed by atoms with Crippen molar-refractivity contribution < 1.29 is 19.4 Å². The fourth-order valence-electron chi connectivity index (χ4n) is 2.57. The Morgan fingerprint density at radius 3 is 3.00 bits per heavy atom. The van der Waals surface area contributed by atoms with Crippen molar-refractivity contribution in [3.05, 3.63) is 23.8 Å². The van der Waals surface area contributed by atoms with E-state index in [0.29, 0.717) is 11.4 Å². The van der Waals surface area contributed by atoms with Crippen LogP contribution in [-0.4, -0.2) is 29.8 Å². The molecule has 1 fully saturated rings. The summed E-state index contributed by atoms with van der Waals surface area (Å²) in [5.41, 5.74) is 1.35. The van der Waals surface area contributed by atoms with E-state index < -0.39 is 6.10 Å². The third-order valence-electron chi connectivity index (χ3n) is 3.59. The van der Waals surface area contributed by atoms with Crippen LogP contribution in [-0.2, 0) is 9.53 Å². The van der Waals surface area contributed by atoms with Crippen molar-refractivity contribution in [2.75, 3.05) is 11.9 Å².